The summed E-state index contributed by atoms with van der Waals surface area (Å²) in [7, 11) is -2.74. The van der Waals surface area contributed by atoms with E-state index in [1.165, 1.54) is 10.4 Å². The molecular weight excluding hydrogens is 537 g/mol. The van der Waals surface area contributed by atoms with Gasteiger partial charge in [-0.2, -0.15) is 0 Å². The maximum atomic E-state index is 7.27. The molecule has 2 aliphatic rings. The van der Waals surface area contributed by atoms with Crippen LogP contribution in [0.25, 0.3) is 0 Å². The van der Waals surface area contributed by atoms with Gasteiger partial charge in [0.1, 0.15) is 29.9 Å². The molecule has 0 saturated carbocycles. The van der Waals surface area contributed by atoms with Crippen LogP contribution in [0.4, 0.5) is 0 Å². The second-order valence-corrected chi connectivity index (χ2v) is 17.3. The van der Waals surface area contributed by atoms with Crippen molar-refractivity contribution in [2.45, 2.75) is 81.9 Å². The normalized spacial score (nSPS) is 26.4. The van der Waals surface area contributed by atoms with Gasteiger partial charge in [0.25, 0.3) is 8.32 Å². The minimum atomic E-state index is -2.74. The molecule has 5 atom stereocenters. The van der Waals surface area contributed by atoms with Crippen LogP contribution in [0, 0.1) is 0 Å². The van der Waals surface area contributed by atoms with E-state index in [-0.39, 0.29) is 34.9 Å². The number of fused-ring (bicyclic) bond motifs is 1. The molecule has 0 unspecified atom stereocenters. The lowest BCUT2D eigenvalue weighted by atomic mass is 10.00. The number of hydrogen-bond donors (Lipinski definition) is 0. The molecule has 5 rings (SSSR count). The summed E-state index contributed by atoms with van der Waals surface area (Å²) >= 11 is 1.65. The van der Waals surface area contributed by atoms with Crippen molar-refractivity contribution < 1.29 is 23.4 Å². The maximum Gasteiger partial charge on any atom is 0.261 e. The third-order valence-electron chi connectivity index (χ3n) is 7.83. The first-order chi connectivity index (χ1) is 19.1. The molecule has 0 amide bonds. The Labute approximate surface area is 244 Å². The molecule has 0 radical (unpaired) electrons. The Balaban J connectivity index is 1.45. The van der Waals surface area contributed by atoms with Crippen molar-refractivity contribution in [1.82, 2.24) is 0 Å². The van der Waals surface area contributed by atoms with Gasteiger partial charge in [-0.15, -0.1) is 11.8 Å². The van der Waals surface area contributed by atoms with Crippen molar-refractivity contribution >= 4 is 30.5 Å². The summed E-state index contributed by atoms with van der Waals surface area (Å²) in [4.78, 5) is 0. The highest BCUT2D eigenvalue weighted by atomic mass is 32.2. The van der Waals surface area contributed by atoms with Crippen LogP contribution in [0.1, 0.15) is 40.2 Å². The van der Waals surface area contributed by atoms with Crippen LogP contribution < -0.4 is 10.4 Å². The fourth-order valence-corrected chi connectivity index (χ4v) is 11.4. The van der Waals surface area contributed by atoms with Gasteiger partial charge in [0, 0.05) is 0 Å². The highest BCUT2D eigenvalue weighted by molar-refractivity contribution is 7.99. The largest absolute Gasteiger partial charge is 0.405 e. The summed E-state index contributed by atoms with van der Waals surface area (Å²) < 4.78 is 33.5. The minimum Gasteiger partial charge on any atom is -0.405 e. The predicted octanol–water partition coefficient (Wildman–Crippen LogP) is 5.76. The van der Waals surface area contributed by atoms with Gasteiger partial charge in [-0.05, 0) is 41.1 Å². The van der Waals surface area contributed by atoms with Crippen molar-refractivity contribution in [1.29, 1.82) is 0 Å². The first-order valence-corrected chi connectivity index (χ1v) is 17.3. The van der Waals surface area contributed by atoms with Gasteiger partial charge in [-0.25, -0.2) is 0 Å². The molecule has 0 aliphatic carbocycles. The Morgan fingerprint density at radius 2 is 1.32 bits per heavy atom. The average Bonchev–Trinajstić information content (AvgIpc) is 3.28. The van der Waals surface area contributed by atoms with Crippen LogP contribution >= 0.6 is 11.8 Å². The Bertz CT molecular complexity index is 1180. The Morgan fingerprint density at radius 3 is 1.85 bits per heavy atom. The minimum absolute atomic E-state index is 0.129. The average molecular weight is 579 g/mol. The zero-order chi connectivity index (χ0) is 28.4. The molecule has 40 heavy (non-hydrogen) atoms. The Hall–Kier alpha value is -1.97. The third kappa shape index (κ3) is 5.97. The Kier molecular flexibility index (Phi) is 8.93. The number of rotatable bonds is 9. The van der Waals surface area contributed by atoms with Gasteiger partial charge in [0.05, 0.1) is 13.2 Å². The smallest absolute Gasteiger partial charge is 0.261 e. The van der Waals surface area contributed by atoms with Crippen molar-refractivity contribution in [3.8, 4) is 0 Å². The third-order valence-corrected chi connectivity index (χ3v) is 13.7. The first kappa shape index (κ1) is 29.5. The lowest BCUT2D eigenvalue weighted by molar-refractivity contribution is -0.185. The monoisotopic (exact) mass is 578 g/mol. The van der Waals surface area contributed by atoms with E-state index >= 15 is 0 Å². The van der Waals surface area contributed by atoms with Crippen LogP contribution in [0.3, 0.4) is 0 Å². The molecule has 2 saturated heterocycles. The second kappa shape index (κ2) is 12.1. The topological polar surface area (TPSA) is 46.2 Å². The maximum absolute atomic E-state index is 7.27. The summed E-state index contributed by atoms with van der Waals surface area (Å²) in [5.41, 5.74) is 0.907. The zero-order valence-electron chi connectivity index (χ0n) is 24.4. The molecule has 7 heteroatoms. The van der Waals surface area contributed by atoms with Crippen molar-refractivity contribution in [2.75, 3.05) is 12.9 Å². The lowest BCUT2D eigenvalue weighted by Crippen LogP contribution is -2.68. The first-order valence-electron chi connectivity index (χ1n) is 14.1. The summed E-state index contributed by atoms with van der Waals surface area (Å²) in [6.07, 6.45) is 0.911. The molecule has 0 aromatic heterocycles. The molecule has 2 heterocycles. The molecule has 3 aromatic rings. The van der Waals surface area contributed by atoms with Crippen LogP contribution in [-0.4, -0.2) is 56.8 Å². The molecular formula is C33H42O5SSi. The Morgan fingerprint density at radius 1 is 0.800 bits per heavy atom. The van der Waals surface area contributed by atoms with E-state index in [1.54, 1.807) is 11.8 Å². The number of hydrogen-bond acceptors (Lipinski definition) is 6. The van der Waals surface area contributed by atoms with Gasteiger partial charge < -0.3 is 23.4 Å². The van der Waals surface area contributed by atoms with E-state index < -0.39 is 14.1 Å². The molecule has 0 N–H and O–H groups in total. The van der Waals surface area contributed by atoms with E-state index in [4.69, 9.17) is 23.4 Å². The molecule has 0 bridgehead atoms. The fraction of sp³-hybridized carbons (Fsp3) is 0.455. The van der Waals surface area contributed by atoms with Crippen LogP contribution in [0.15, 0.2) is 91.0 Å². The SMILES string of the molecule is CS[C@@H]1O[C@@H](CO[Si](c2ccccc2)(c2ccccc2)C(C)(C)C)[C@H]2OC(C)(C)O[C@@H]2[C@@H]1OCc1ccccc1. The molecule has 0 spiro atoms. The van der Waals surface area contributed by atoms with E-state index in [2.05, 4.69) is 99.8 Å². The summed E-state index contributed by atoms with van der Waals surface area (Å²) in [5, 5.41) is 2.36. The van der Waals surface area contributed by atoms with E-state index in [0.29, 0.717) is 13.2 Å². The number of thioether (sulfide) groups is 1. The van der Waals surface area contributed by atoms with Crippen molar-refractivity contribution in [2.24, 2.45) is 0 Å². The molecule has 214 valence electrons. The quantitative estimate of drug-likeness (QED) is 0.301. The number of ether oxygens (including phenoxy) is 4. The molecule has 5 nitrogen and oxygen atoms in total. The van der Waals surface area contributed by atoms with Crippen molar-refractivity contribution in [3.05, 3.63) is 96.6 Å². The van der Waals surface area contributed by atoms with E-state index in [9.17, 15) is 0 Å². The van der Waals surface area contributed by atoms with E-state index in [1.807, 2.05) is 32.0 Å². The van der Waals surface area contributed by atoms with Gasteiger partial charge in [-0.1, -0.05) is 112 Å². The molecule has 2 aliphatic heterocycles. The summed E-state index contributed by atoms with van der Waals surface area (Å²) in [5.74, 6) is -0.740. The zero-order valence-corrected chi connectivity index (χ0v) is 26.2. The highest BCUT2D eigenvalue weighted by Crippen LogP contribution is 2.43. The molecule has 3 aromatic carbocycles. The lowest BCUT2D eigenvalue weighted by Gasteiger charge is -2.46. The summed E-state index contributed by atoms with van der Waals surface area (Å²) in [6.45, 7) is 11.7. The van der Waals surface area contributed by atoms with Crippen LogP contribution in [0.2, 0.25) is 5.04 Å². The van der Waals surface area contributed by atoms with Gasteiger partial charge in [-0.3, -0.25) is 0 Å². The second-order valence-electron chi connectivity index (χ2n) is 12.1. The van der Waals surface area contributed by atoms with Crippen LogP contribution in [-0.2, 0) is 30.0 Å². The van der Waals surface area contributed by atoms with Gasteiger partial charge in [0.2, 0.25) is 0 Å². The predicted molar refractivity (Wildman–Crippen MR) is 165 cm³/mol. The standard InChI is InChI=1S/C33H42O5SSi/c1-32(2,3)40(25-18-12-8-13-19-25,26-20-14-9-15-21-26)35-23-27-28-29(38-33(4,5)37-28)30(31(36-27)39-6)34-22-24-16-10-7-11-17-24/h7-21,27-31H,22-23H2,1-6H3/t27-,28+,29-,30-,31-/m0/s1. The van der Waals surface area contributed by atoms with Crippen molar-refractivity contribution in [3.63, 3.8) is 0 Å². The van der Waals surface area contributed by atoms with Crippen LogP contribution in [0.5, 0.6) is 0 Å². The number of benzene rings is 3. The summed E-state index contributed by atoms with van der Waals surface area (Å²) in [6, 6.07) is 31.6. The fourth-order valence-electron chi connectivity index (χ4n) is 6.07. The van der Waals surface area contributed by atoms with Gasteiger partial charge in [0.15, 0.2) is 5.79 Å². The van der Waals surface area contributed by atoms with Gasteiger partial charge >= 0.3 is 0 Å². The molecule has 2 fully saturated rings. The highest BCUT2D eigenvalue weighted by Gasteiger charge is 2.57. The van der Waals surface area contributed by atoms with E-state index in [0.717, 1.165) is 5.56 Å².